The third-order valence-corrected chi connectivity index (χ3v) is 4.19. The molecule has 0 spiro atoms. The van der Waals surface area contributed by atoms with Gasteiger partial charge < -0.3 is 20.3 Å². The molecule has 1 unspecified atom stereocenters. The summed E-state index contributed by atoms with van der Waals surface area (Å²) < 4.78 is 6.89. The van der Waals surface area contributed by atoms with Crippen LogP contribution in [0.5, 0.6) is 0 Å². The summed E-state index contributed by atoms with van der Waals surface area (Å²) in [5.74, 6) is -0.451. The molecule has 132 valence electrons. The van der Waals surface area contributed by atoms with E-state index in [1.54, 1.807) is 30.3 Å². The predicted molar refractivity (Wildman–Crippen MR) is 89.1 cm³/mol. The molecular formula is C17H19N3O5. The molecule has 1 aliphatic rings. The number of ether oxygens (including phenoxy) is 1. The van der Waals surface area contributed by atoms with E-state index < -0.39 is 18.0 Å². The summed E-state index contributed by atoms with van der Waals surface area (Å²) in [5.41, 5.74) is -0.115. The predicted octanol–water partition coefficient (Wildman–Crippen LogP) is 0.384. The second kappa shape index (κ2) is 7.56. The largest absolute Gasteiger partial charge is 0.396 e. The SMILES string of the molecule is O=C(Nc1ccn([C@H]2CC(CO)[C@@H](CO)O2)c(=O)n1)c1ccccc1. The summed E-state index contributed by atoms with van der Waals surface area (Å²) in [5, 5.41) is 21.2. The van der Waals surface area contributed by atoms with Gasteiger partial charge in [0, 0.05) is 30.7 Å². The van der Waals surface area contributed by atoms with Crippen LogP contribution < -0.4 is 11.0 Å². The zero-order valence-electron chi connectivity index (χ0n) is 13.4. The lowest BCUT2D eigenvalue weighted by Gasteiger charge is -2.15. The maximum Gasteiger partial charge on any atom is 0.351 e. The number of carbonyl (C=O) groups excluding carboxylic acids is 1. The summed E-state index contributed by atoms with van der Waals surface area (Å²) in [6, 6.07) is 10.1. The molecule has 1 saturated heterocycles. The average molecular weight is 345 g/mol. The van der Waals surface area contributed by atoms with Gasteiger partial charge in [0.15, 0.2) is 0 Å². The van der Waals surface area contributed by atoms with Gasteiger partial charge >= 0.3 is 5.69 Å². The standard InChI is InChI=1S/C17H19N3O5/c21-9-12-8-15(25-13(12)10-22)20-7-6-14(19-17(20)24)18-16(23)11-4-2-1-3-5-11/h1-7,12-13,15,21-22H,8-10H2,(H,18,19,23,24)/t12?,13-,15-/m1/s1. The highest BCUT2D eigenvalue weighted by molar-refractivity contribution is 6.03. The second-order valence-electron chi connectivity index (χ2n) is 5.81. The first-order chi connectivity index (χ1) is 12.1. The van der Waals surface area contributed by atoms with Crippen molar-refractivity contribution in [1.82, 2.24) is 9.55 Å². The lowest BCUT2D eigenvalue weighted by atomic mass is 10.0. The molecule has 1 aromatic carbocycles. The molecule has 1 amide bonds. The van der Waals surface area contributed by atoms with E-state index in [9.17, 15) is 19.8 Å². The van der Waals surface area contributed by atoms with Crippen LogP contribution in [0.3, 0.4) is 0 Å². The Morgan fingerprint density at radius 2 is 2.00 bits per heavy atom. The van der Waals surface area contributed by atoms with Crippen molar-refractivity contribution >= 4 is 11.7 Å². The van der Waals surface area contributed by atoms with Gasteiger partial charge in [-0.05, 0) is 18.2 Å². The number of amides is 1. The molecule has 8 heteroatoms. The van der Waals surface area contributed by atoms with Gasteiger partial charge in [-0.25, -0.2) is 4.79 Å². The Morgan fingerprint density at radius 3 is 2.60 bits per heavy atom. The van der Waals surface area contributed by atoms with Gasteiger partial charge in [-0.15, -0.1) is 0 Å². The fourth-order valence-electron chi connectivity index (χ4n) is 2.82. The molecule has 0 bridgehead atoms. The van der Waals surface area contributed by atoms with Gasteiger partial charge in [0.25, 0.3) is 5.91 Å². The van der Waals surface area contributed by atoms with Crippen molar-refractivity contribution < 1.29 is 19.7 Å². The number of aromatic nitrogens is 2. The molecular weight excluding hydrogens is 326 g/mol. The summed E-state index contributed by atoms with van der Waals surface area (Å²) >= 11 is 0. The number of aliphatic hydroxyl groups is 2. The molecule has 1 fully saturated rings. The Kier molecular flexibility index (Phi) is 5.22. The first-order valence-corrected chi connectivity index (χ1v) is 7.95. The summed E-state index contributed by atoms with van der Waals surface area (Å²) in [7, 11) is 0. The van der Waals surface area contributed by atoms with Crippen LogP contribution in [0.25, 0.3) is 0 Å². The average Bonchev–Trinajstić information content (AvgIpc) is 3.05. The third-order valence-electron chi connectivity index (χ3n) is 4.19. The minimum atomic E-state index is -0.604. The summed E-state index contributed by atoms with van der Waals surface area (Å²) in [6.07, 6.45) is 0.765. The number of carbonyl (C=O) groups is 1. The number of nitrogens with one attached hydrogen (secondary N) is 1. The fourth-order valence-corrected chi connectivity index (χ4v) is 2.82. The topological polar surface area (TPSA) is 114 Å². The number of hydrogen-bond acceptors (Lipinski definition) is 6. The molecule has 0 saturated carbocycles. The van der Waals surface area contributed by atoms with Crippen molar-refractivity contribution in [3.63, 3.8) is 0 Å². The van der Waals surface area contributed by atoms with Gasteiger partial charge in [-0.1, -0.05) is 18.2 Å². The van der Waals surface area contributed by atoms with Crippen LogP contribution in [0.2, 0.25) is 0 Å². The quantitative estimate of drug-likeness (QED) is 0.722. The molecule has 3 rings (SSSR count). The molecule has 1 aromatic heterocycles. The van der Waals surface area contributed by atoms with Crippen LogP contribution in [0.4, 0.5) is 5.82 Å². The van der Waals surface area contributed by atoms with Gasteiger partial charge in [0.1, 0.15) is 12.0 Å². The number of nitrogens with zero attached hydrogens (tertiary/aromatic N) is 2. The molecule has 2 heterocycles. The first kappa shape index (κ1) is 17.3. The lowest BCUT2D eigenvalue weighted by Crippen LogP contribution is -2.28. The molecule has 0 radical (unpaired) electrons. The van der Waals surface area contributed by atoms with Crippen molar-refractivity contribution in [1.29, 1.82) is 0 Å². The molecule has 3 atom stereocenters. The number of anilines is 1. The molecule has 25 heavy (non-hydrogen) atoms. The molecule has 8 nitrogen and oxygen atoms in total. The van der Waals surface area contributed by atoms with Gasteiger partial charge in [-0.3, -0.25) is 9.36 Å². The Morgan fingerprint density at radius 1 is 1.24 bits per heavy atom. The monoisotopic (exact) mass is 345 g/mol. The smallest absolute Gasteiger partial charge is 0.351 e. The van der Waals surface area contributed by atoms with E-state index in [-0.39, 0.29) is 30.9 Å². The van der Waals surface area contributed by atoms with Crippen LogP contribution >= 0.6 is 0 Å². The first-order valence-electron chi connectivity index (χ1n) is 7.95. The van der Waals surface area contributed by atoms with Crippen molar-refractivity contribution in [2.75, 3.05) is 18.5 Å². The number of aliphatic hydroxyl groups excluding tert-OH is 2. The van der Waals surface area contributed by atoms with Crippen LogP contribution in [0, 0.1) is 5.92 Å². The third kappa shape index (κ3) is 3.76. The number of rotatable bonds is 5. The van der Waals surface area contributed by atoms with Crippen molar-refractivity contribution in [3.8, 4) is 0 Å². The molecule has 3 N–H and O–H groups in total. The van der Waals surface area contributed by atoms with E-state index in [0.717, 1.165) is 0 Å². The highest BCUT2D eigenvalue weighted by Gasteiger charge is 2.35. The van der Waals surface area contributed by atoms with Crippen LogP contribution in [-0.4, -0.2) is 45.0 Å². The number of hydrogen-bond donors (Lipinski definition) is 3. The molecule has 0 aliphatic carbocycles. The van der Waals surface area contributed by atoms with E-state index in [1.807, 2.05) is 0 Å². The van der Waals surface area contributed by atoms with Crippen molar-refractivity contribution in [3.05, 3.63) is 58.6 Å². The normalized spacial score (nSPS) is 22.7. The minimum absolute atomic E-state index is 0.130. The Bertz CT molecular complexity index is 780. The van der Waals surface area contributed by atoms with Crippen molar-refractivity contribution in [2.24, 2.45) is 5.92 Å². The second-order valence-corrected chi connectivity index (χ2v) is 5.81. The van der Waals surface area contributed by atoms with E-state index >= 15 is 0 Å². The maximum atomic E-state index is 12.2. The molecule has 1 aliphatic heterocycles. The van der Waals surface area contributed by atoms with Gasteiger partial charge in [0.05, 0.1) is 12.7 Å². The molecule has 2 aromatic rings. The van der Waals surface area contributed by atoms with E-state index in [1.165, 1.54) is 16.8 Å². The van der Waals surface area contributed by atoms with Crippen LogP contribution in [-0.2, 0) is 4.74 Å². The zero-order valence-corrected chi connectivity index (χ0v) is 13.4. The van der Waals surface area contributed by atoms with E-state index in [0.29, 0.717) is 12.0 Å². The fraction of sp³-hybridized carbons (Fsp3) is 0.353. The van der Waals surface area contributed by atoms with Crippen molar-refractivity contribution in [2.45, 2.75) is 18.8 Å². The Labute approximate surface area is 143 Å². The Balaban J connectivity index is 1.73. The Hall–Kier alpha value is -2.55. The van der Waals surface area contributed by atoms with E-state index in [4.69, 9.17) is 4.74 Å². The van der Waals surface area contributed by atoms with Crippen LogP contribution in [0.1, 0.15) is 23.0 Å². The van der Waals surface area contributed by atoms with E-state index in [2.05, 4.69) is 10.3 Å². The van der Waals surface area contributed by atoms with Gasteiger partial charge in [-0.2, -0.15) is 4.98 Å². The maximum absolute atomic E-state index is 12.2. The highest BCUT2D eigenvalue weighted by atomic mass is 16.5. The number of benzene rings is 1. The van der Waals surface area contributed by atoms with Gasteiger partial charge in [0.2, 0.25) is 0 Å². The zero-order chi connectivity index (χ0) is 17.8. The highest BCUT2D eigenvalue weighted by Crippen LogP contribution is 2.32. The minimum Gasteiger partial charge on any atom is -0.396 e. The lowest BCUT2D eigenvalue weighted by molar-refractivity contribution is -0.0365. The van der Waals surface area contributed by atoms with Crippen LogP contribution in [0.15, 0.2) is 47.4 Å². The summed E-state index contributed by atoms with van der Waals surface area (Å²) in [6.45, 7) is -0.357. The summed E-state index contributed by atoms with van der Waals surface area (Å²) in [4.78, 5) is 28.2.